The van der Waals surface area contributed by atoms with Gasteiger partial charge in [-0.3, -0.25) is 0 Å². The standard InChI is InChI=1S/C7H12O2.2C4H6O2/c1-3-5-6-9-7(8)4-2;2*1-3-4(5)6-2/h4H,2-3,5-6H2,1H3;2*3H,1H2,2H3. The van der Waals surface area contributed by atoms with Gasteiger partial charge in [0.05, 0.1) is 20.8 Å². The maximum atomic E-state index is 10.3. The third-order valence-electron chi connectivity index (χ3n) is 1.64. The van der Waals surface area contributed by atoms with E-state index in [1.165, 1.54) is 20.3 Å². The lowest BCUT2D eigenvalue weighted by molar-refractivity contribution is -0.138. The normalized spacial score (nSPS) is 7.57. The molecule has 0 rings (SSSR count). The van der Waals surface area contributed by atoms with E-state index in [1.807, 2.05) is 6.92 Å². The summed E-state index contributed by atoms with van der Waals surface area (Å²) in [6.45, 7) is 12.1. The Hall–Kier alpha value is -2.37. The largest absolute Gasteiger partial charge is 0.466 e. The fourth-order valence-corrected chi connectivity index (χ4v) is 0.543. The van der Waals surface area contributed by atoms with Crippen LogP contribution < -0.4 is 0 Å². The maximum absolute atomic E-state index is 10.3. The van der Waals surface area contributed by atoms with E-state index < -0.39 is 11.9 Å². The number of carbonyl (C=O) groups is 3. The molecule has 0 spiro atoms. The maximum Gasteiger partial charge on any atom is 0.330 e. The van der Waals surface area contributed by atoms with Crippen molar-refractivity contribution in [2.24, 2.45) is 0 Å². The molecule has 0 radical (unpaired) electrons. The second kappa shape index (κ2) is 20.0. The zero-order valence-electron chi connectivity index (χ0n) is 12.9. The fourth-order valence-electron chi connectivity index (χ4n) is 0.543. The second-order valence-corrected chi connectivity index (χ2v) is 3.18. The molecule has 0 N–H and O–H groups in total. The Bertz CT molecular complexity index is 313. The SMILES string of the molecule is C=CC(=O)OC.C=CC(=O)OC.C=CC(=O)OCCCC. The van der Waals surface area contributed by atoms with Gasteiger partial charge < -0.3 is 14.2 Å². The summed E-state index contributed by atoms with van der Waals surface area (Å²) in [4.78, 5) is 30.0. The number of ether oxygens (including phenoxy) is 3. The van der Waals surface area contributed by atoms with Crippen LogP contribution >= 0.6 is 0 Å². The molecule has 120 valence electrons. The minimum Gasteiger partial charge on any atom is -0.466 e. The van der Waals surface area contributed by atoms with Gasteiger partial charge in [0.25, 0.3) is 0 Å². The lowest BCUT2D eigenvalue weighted by Crippen LogP contribution is -2.00. The number of esters is 3. The monoisotopic (exact) mass is 300 g/mol. The third kappa shape index (κ3) is 27.0. The summed E-state index contributed by atoms with van der Waals surface area (Å²) in [5.41, 5.74) is 0. The number of unbranched alkanes of at least 4 members (excludes halogenated alkanes) is 1. The highest BCUT2D eigenvalue weighted by Crippen LogP contribution is 1.88. The van der Waals surface area contributed by atoms with Crippen LogP contribution in [-0.4, -0.2) is 38.7 Å². The average Bonchev–Trinajstić information content (AvgIpc) is 2.54. The van der Waals surface area contributed by atoms with E-state index in [0.717, 1.165) is 25.0 Å². The summed E-state index contributed by atoms with van der Waals surface area (Å²) >= 11 is 0. The molecule has 0 aromatic rings. The Morgan fingerprint density at radius 3 is 1.43 bits per heavy atom. The van der Waals surface area contributed by atoms with E-state index in [4.69, 9.17) is 0 Å². The molecular weight excluding hydrogens is 276 g/mol. The van der Waals surface area contributed by atoms with E-state index in [9.17, 15) is 14.4 Å². The van der Waals surface area contributed by atoms with Crippen LogP contribution in [0.3, 0.4) is 0 Å². The van der Waals surface area contributed by atoms with Crippen LogP contribution in [-0.2, 0) is 28.6 Å². The smallest absolute Gasteiger partial charge is 0.330 e. The molecule has 0 saturated carbocycles. The number of hydrogen-bond acceptors (Lipinski definition) is 6. The van der Waals surface area contributed by atoms with E-state index >= 15 is 0 Å². The van der Waals surface area contributed by atoms with Crippen molar-refractivity contribution < 1.29 is 28.6 Å². The predicted octanol–water partition coefficient (Wildman–Crippen LogP) is 2.21. The molecule has 0 saturated heterocycles. The lowest BCUT2D eigenvalue weighted by Gasteiger charge is -1.97. The molecule has 0 atom stereocenters. The lowest BCUT2D eigenvalue weighted by atomic mass is 10.4. The summed E-state index contributed by atoms with van der Waals surface area (Å²) < 4.78 is 13.0. The van der Waals surface area contributed by atoms with Crippen LogP contribution in [0.25, 0.3) is 0 Å². The first kappa shape index (κ1) is 23.7. The van der Waals surface area contributed by atoms with Crippen LogP contribution in [0.15, 0.2) is 38.0 Å². The van der Waals surface area contributed by atoms with E-state index in [2.05, 4.69) is 33.9 Å². The Balaban J connectivity index is -0.000000240. The molecule has 0 aromatic carbocycles. The number of methoxy groups -OCH3 is 2. The molecule has 0 unspecified atom stereocenters. The van der Waals surface area contributed by atoms with Crippen LogP contribution in [0, 0.1) is 0 Å². The zero-order valence-corrected chi connectivity index (χ0v) is 12.9. The van der Waals surface area contributed by atoms with Gasteiger partial charge in [-0.2, -0.15) is 0 Å². The average molecular weight is 300 g/mol. The van der Waals surface area contributed by atoms with Crippen molar-refractivity contribution in [1.29, 1.82) is 0 Å². The topological polar surface area (TPSA) is 78.9 Å². The van der Waals surface area contributed by atoms with Gasteiger partial charge in [-0.1, -0.05) is 33.1 Å². The van der Waals surface area contributed by atoms with Gasteiger partial charge >= 0.3 is 17.9 Å². The Kier molecular flexibility index (Phi) is 22.5. The van der Waals surface area contributed by atoms with Gasteiger partial charge in [0, 0.05) is 18.2 Å². The summed E-state index contributed by atoms with van der Waals surface area (Å²) in [5, 5.41) is 0. The summed E-state index contributed by atoms with van der Waals surface area (Å²) in [7, 11) is 2.62. The fraction of sp³-hybridized carbons (Fsp3) is 0.400. The number of rotatable bonds is 6. The molecule has 0 amide bonds. The van der Waals surface area contributed by atoms with Gasteiger partial charge in [0.15, 0.2) is 0 Å². The quantitative estimate of drug-likeness (QED) is 0.324. The van der Waals surface area contributed by atoms with E-state index in [0.29, 0.717) is 6.61 Å². The molecule has 6 nitrogen and oxygen atoms in total. The first-order valence-corrected chi connectivity index (χ1v) is 6.13. The minimum absolute atomic E-state index is 0.330. The highest BCUT2D eigenvalue weighted by atomic mass is 16.5. The Morgan fingerprint density at radius 2 is 1.24 bits per heavy atom. The van der Waals surface area contributed by atoms with Crippen molar-refractivity contribution in [3.63, 3.8) is 0 Å². The summed E-state index contributed by atoms with van der Waals surface area (Å²) in [6.07, 6.45) is 5.37. The second-order valence-electron chi connectivity index (χ2n) is 3.18. The first-order chi connectivity index (χ1) is 9.92. The van der Waals surface area contributed by atoms with Crippen molar-refractivity contribution in [2.75, 3.05) is 20.8 Å². The van der Waals surface area contributed by atoms with Gasteiger partial charge in [-0.05, 0) is 6.42 Å². The van der Waals surface area contributed by atoms with Crippen molar-refractivity contribution in [1.82, 2.24) is 0 Å². The molecule has 0 heterocycles. The van der Waals surface area contributed by atoms with E-state index in [1.54, 1.807) is 0 Å². The van der Waals surface area contributed by atoms with Crippen LogP contribution in [0.4, 0.5) is 0 Å². The van der Waals surface area contributed by atoms with E-state index in [-0.39, 0.29) is 5.97 Å². The highest BCUT2D eigenvalue weighted by molar-refractivity contribution is 5.81. The Morgan fingerprint density at radius 1 is 0.857 bits per heavy atom. The predicted molar refractivity (Wildman–Crippen MR) is 80.5 cm³/mol. The van der Waals surface area contributed by atoms with Crippen molar-refractivity contribution >= 4 is 17.9 Å². The molecule has 0 fully saturated rings. The van der Waals surface area contributed by atoms with Gasteiger partial charge in [0.2, 0.25) is 0 Å². The molecule has 21 heavy (non-hydrogen) atoms. The zero-order chi connectivity index (χ0) is 17.1. The van der Waals surface area contributed by atoms with Crippen molar-refractivity contribution in [2.45, 2.75) is 19.8 Å². The minimum atomic E-state index is -0.394. The van der Waals surface area contributed by atoms with Gasteiger partial charge in [-0.15, -0.1) is 0 Å². The van der Waals surface area contributed by atoms with Gasteiger partial charge in [-0.25, -0.2) is 14.4 Å². The number of hydrogen-bond donors (Lipinski definition) is 0. The molecule has 0 aromatic heterocycles. The molecule has 0 bridgehead atoms. The molecular formula is C15H24O6. The van der Waals surface area contributed by atoms with Gasteiger partial charge in [0.1, 0.15) is 0 Å². The van der Waals surface area contributed by atoms with Crippen molar-refractivity contribution in [3.05, 3.63) is 38.0 Å². The van der Waals surface area contributed by atoms with Crippen LogP contribution in [0.1, 0.15) is 19.8 Å². The highest BCUT2D eigenvalue weighted by Gasteiger charge is 1.91. The summed E-state index contributed by atoms with van der Waals surface area (Å²) in [6, 6.07) is 0. The Labute approximate surface area is 126 Å². The molecule has 6 heteroatoms. The first-order valence-electron chi connectivity index (χ1n) is 6.13. The van der Waals surface area contributed by atoms with Crippen LogP contribution in [0.2, 0.25) is 0 Å². The third-order valence-corrected chi connectivity index (χ3v) is 1.64. The molecule has 0 aliphatic heterocycles. The summed E-state index contributed by atoms with van der Waals surface area (Å²) in [5.74, 6) is -1.12. The molecule has 0 aliphatic rings. The van der Waals surface area contributed by atoms with Crippen molar-refractivity contribution in [3.8, 4) is 0 Å². The van der Waals surface area contributed by atoms with Crippen LogP contribution in [0.5, 0.6) is 0 Å². The molecule has 0 aliphatic carbocycles. The number of carbonyl (C=O) groups excluding carboxylic acids is 3.